The first-order chi connectivity index (χ1) is 10.3. The van der Waals surface area contributed by atoms with E-state index in [0.29, 0.717) is 17.2 Å². The van der Waals surface area contributed by atoms with Crippen molar-refractivity contribution in [2.45, 2.75) is 26.3 Å². The molecule has 1 aromatic rings. The SMILES string of the molecule is CCOCON1C(=O)C(c2ccc(Cl)cc2Cl)=C(O)C1(C)C. The standard InChI is InChI=1S/C15H17Cl2NO4/c1-4-21-8-22-18-14(20)12(13(19)15(18,2)3)10-6-5-9(16)7-11(10)17/h5-7,19H,4,8H2,1-3H3. The fraction of sp³-hybridized carbons (Fsp3) is 0.400. The molecule has 0 atom stereocenters. The highest BCUT2D eigenvalue weighted by atomic mass is 35.5. The van der Waals surface area contributed by atoms with Crippen molar-refractivity contribution in [3.05, 3.63) is 39.6 Å². The van der Waals surface area contributed by atoms with Crippen molar-refractivity contribution in [3.8, 4) is 0 Å². The van der Waals surface area contributed by atoms with Gasteiger partial charge in [-0.3, -0.25) is 4.79 Å². The lowest BCUT2D eigenvalue weighted by molar-refractivity contribution is -0.242. The summed E-state index contributed by atoms with van der Waals surface area (Å²) in [5.41, 5.74) is -0.515. The van der Waals surface area contributed by atoms with Gasteiger partial charge in [0.15, 0.2) is 6.79 Å². The minimum Gasteiger partial charge on any atom is -0.509 e. The summed E-state index contributed by atoms with van der Waals surface area (Å²) in [5, 5.41) is 12.3. The Morgan fingerprint density at radius 1 is 1.32 bits per heavy atom. The number of amides is 1. The maximum absolute atomic E-state index is 12.6. The Kier molecular flexibility index (Phi) is 5.02. The van der Waals surface area contributed by atoms with Crippen molar-refractivity contribution in [3.63, 3.8) is 0 Å². The number of hydroxylamine groups is 2. The Labute approximate surface area is 139 Å². The smallest absolute Gasteiger partial charge is 0.282 e. The molecule has 0 radical (unpaired) electrons. The molecule has 1 aliphatic rings. The molecule has 1 amide bonds. The number of carbonyl (C=O) groups excluding carboxylic acids is 1. The Morgan fingerprint density at radius 2 is 2.00 bits per heavy atom. The third-order valence-electron chi connectivity index (χ3n) is 3.39. The first-order valence-electron chi connectivity index (χ1n) is 6.75. The molecule has 0 bridgehead atoms. The van der Waals surface area contributed by atoms with Crippen molar-refractivity contribution in [1.82, 2.24) is 5.06 Å². The summed E-state index contributed by atoms with van der Waals surface area (Å²) in [5.74, 6) is -0.593. The van der Waals surface area contributed by atoms with Crippen LogP contribution in [-0.2, 0) is 14.4 Å². The third kappa shape index (κ3) is 2.94. The van der Waals surface area contributed by atoms with Gasteiger partial charge < -0.3 is 9.84 Å². The summed E-state index contributed by atoms with van der Waals surface area (Å²) in [4.78, 5) is 17.9. The maximum Gasteiger partial charge on any atom is 0.282 e. The van der Waals surface area contributed by atoms with E-state index in [1.165, 1.54) is 6.07 Å². The highest BCUT2D eigenvalue weighted by Gasteiger charge is 2.48. The topological polar surface area (TPSA) is 59.0 Å². The van der Waals surface area contributed by atoms with Gasteiger partial charge >= 0.3 is 0 Å². The van der Waals surface area contributed by atoms with Crippen LogP contribution < -0.4 is 0 Å². The Bertz CT molecular complexity index is 628. The molecule has 0 spiro atoms. The van der Waals surface area contributed by atoms with Gasteiger partial charge in [-0.15, -0.1) is 0 Å². The summed E-state index contributed by atoms with van der Waals surface area (Å²) < 4.78 is 5.09. The second kappa shape index (κ2) is 6.46. The number of nitrogens with zero attached hydrogens (tertiary/aromatic N) is 1. The predicted octanol–water partition coefficient (Wildman–Crippen LogP) is 3.81. The van der Waals surface area contributed by atoms with E-state index in [0.717, 1.165) is 5.06 Å². The van der Waals surface area contributed by atoms with Crippen LogP contribution in [0, 0.1) is 0 Å². The van der Waals surface area contributed by atoms with Crippen LogP contribution in [0.15, 0.2) is 24.0 Å². The number of hydrogen-bond donors (Lipinski definition) is 1. The molecule has 22 heavy (non-hydrogen) atoms. The van der Waals surface area contributed by atoms with E-state index in [1.807, 2.05) is 6.92 Å². The first kappa shape index (κ1) is 17.1. The minimum absolute atomic E-state index is 0.0828. The molecule has 0 aromatic heterocycles. The predicted molar refractivity (Wildman–Crippen MR) is 84.5 cm³/mol. The van der Waals surface area contributed by atoms with Gasteiger partial charge in [0, 0.05) is 17.2 Å². The van der Waals surface area contributed by atoms with Gasteiger partial charge in [0.05, 0.1) is 10.6 Å². The second-order valence-electron chi connectivity index (χ2n) is 5.25. The van der Waals surface area contributed by atoms with Crippen molar-refractivity contribution in [1.29, 1.82) is 0 Å². The number of benzene rings is 1. The highest BCUT2D eigenvalue weighted by Crippen LogP contribution is 2.41. The zero-order chi connectivity index (χ0) is 16.5. The molecule has 7 heteroatoms. The molecule has 1 N–H and O–H groups in total. The lowest BCUT2D eigenvalue weighted by Crippen LogP contribution is -2.44. The molecule has 1 aliphatic heterocycles. The van der Waals surface area contributed by atoms with Crippen LogP contribution in [-0.4, -0.2) is 35.0 Å². The largest absolute Gasteiger partial charge is 0.509 e. The summed E-state index contributed by atoms with van der Waals surface area (Å²) in [6.07, 6.45) is 0. The van der Waals surface area contributed by atoms with Gasteiger partial charge in [0.25, 0.3) is 5.91 Å². The number of aliphatic hydroxyl groups is 1. The normalized spacial score (nSPS) is 17.5. The second-order valence-corrected chi connectivity index (χ2v) is 6.09. The number of carbonyl (C=O) groups is 1. The molecule has 0 unspecified atom stereocenters. The van der Waals surface area contributed by atoms with Crippen LogP contribution in [0.4, 0.5) is 0 Å². The Hall–Kier alpha value is -1.27. The number of aliphatic hydroxyl groups excluding tert-OH is 1. The van der Waals surface area contributed by atoms with Gasteiger partial charge in [0.1, 0.15) is 11.3 Å². The zero-order valence-electron chi connectivity index (χ0n) is 12.5. The van der Waals surface area contributed by atoms with E-state index in [2.05, 4.69) is 0 Å². The van der Waals surface area contributed by atoms with Gasteiger partial charge in [-0.1, -0.05) is 29.3 Å². The average molecular weight is 346 g/mol. The zero-order valence-corrected chi connectivity index (χ0v) is 14.0. The number of ether oxygens (including phenoxy) is 1. The van der Waals surface area contributed by atoms with Crippen LogP contribution in [0.3, 0.4) is 0 Å². The lowest BCUT2D eigenvalue weighted by atomic mass is 9.99. The van der Waals surface area contributed by atoms with E-state index in [-0.39, 0.29) is 23.1 Å². The quantitative estimate of drug-likeness (QED) is 0.651. The average Bonchev–Trinajstić information content (AvgIpc) is 2.60. The van der Waals surface area contributed by atoms with E-state index < -0.39 is 11.4 Å². The van der Waals surface area contributed by atoms with Crippen molar-refractivity contribution >= 4 is 34.7 Å². The molecule has 0 aliphatic carbocycles. The fourth-order valence-corrected chi connectivity index (χ4v) is 2.69. The highest BCUT2D eigenvalue weighted by molar-refractivity contribution is 6.37. The number of halogens is 2. The molecule has 5 nitrogen and oxygen atoms in total. The fourth-order valence-electron chi connectivity index (χ4n) is 2.19. The molecular formula is C15H17Cl2NO4. The van der Waals surface area contributed by atoms with Gasteiger partial charge in [-0.25, -0.2) is 9.90 Å². The molecule has 1 aromatic carbocycles. The van der Waals surface area contributed by atoms with E-state index >= 15 is 0 Å². The molecule has 0 saturated heterocycles. The van der Waals surface area contributed by atoms with Gasteiger partial charge in [0.2, 0.25) is 0 Å². The van der Waals surface area contributed by atoms with Crippen LogP contribution in [0.5, 0.6) is 0 Å². The number of hydrogen-bond acceptors (Lipinski definition) is 4. The minimum atomic E-state index is -1.02. The lowest BCUT2D eigenvalue weighted by Gasteiger charge is -2.30. The number of rotatable bonds is 5. The van der Waals surface area contributed by atoms with Crippen LogP contribution in [0.25, 0.3) is 5.57 Å². The molecule has 1 heterocycles. The molecular weight excluding hydrogens is 329 g/mol. The van der Waals surface area contributed by atoms with E-state index in [4.69, 9.17) is 32.8 Å². The first-order valence-corrected chi connectivity index (χ1v) is 7.50. The van der Waals surface area contributed by atoms with Crippen LogP contribution in [0.2, 0.25) is 10.0 Å². The molecule has 2 rings (SSSR count). The van der Waals surface area contributed by atoms with Crippen LogP contribution >= 0.6 is 23.2 Å². The van der Waals surface area contributed by atoms with Gasteiger partial charge in [-0.2, -0.15) is 0 Å². The van der Waals surface area contributed by atoms with E-state index in [9.17, 15) is 9.90 Å². The third-order valence-corrected chi connectivity index (χ3v) is 3.94. The summed E-state index contributed by atoms with van der Waals surface area (Å²) in [7, 11) is 0. The van der Waals surface area contributed by atoms with Crippen molar-refractivity contribution in [2.75, 3.05) is 13.4 Å². The maximum atomic E-state index is 12.6. The van der Waals surface area contributed by atoms with Crippen LogP contribution in [0.1, 0.15) is 26.3 Å². The molecule has 0 saturated carbocycles. The van der Waals surface area contributed by atoms with Crippen molar-refractivity contribution in [2.24, 2.45) is 0 Å². The Balaban J connectivity index is 2.39. The summed E-state index contributed by atoms with van der Waals surface area (Å²) in [6.45, 7) is 5.53. The molecule has 0 fully saturated rings. The van der Waals surface area contributed by atoms with Crippen molar-refractivity contribution < 1.29 is 19.5 Å². The molecule has 120 valence electrons. The van der Waals surface area contributed by atoms with Gasteiger partial charge in [-0.05, 0) is 32.9 Å². The Morgan fingerprint density at radius 3 is 2.59 bits per heavy atom. The summed E-state index contributed by atoms with van der Waals surface area (Å²) >= 11 is 12.0. The summed E-state index contributed by atoms with van der Waals surface area (Å²) in [6, 6.07) is 4.71. The van der Waals surface area contributed by atoms with E-state index in [1.54, 1.807) is 26.0 Å². The monoisotopic (exact) mass is 345 g/mol.